The summed E-state index contributed by atoms with van der Waals surface area (Å²) in [5, 5.41) is 2.43. The van der Waals surface area contributed by atoms with E-state index in [0.717, 1.165) is 19.5 Å². The lowest BCUT2D eigenvalue weighted by molar-refractivity contribution is -0.127. The molecule has 2 amide bonds. The van der Waals surface area contributed by atoms with Crippen molar-refractivity contribution < 1.29 is 9.59 Å². The van der Waals surface area contributed by atoms with Crippen molar-refractivity contribution >= 4 is 11.8 Å². The number of imide groups is 1. The molecule has 1 N–H and O–H groups in total. The smallest absolute Gasteiger partial charge is 0.232 e. The molecule has 3 atom stereocenters. The van der Waals surface area contributed by atoms with Crippen LogP contribution in [0.2, 0.25) is 0 Å². The van der Waals surface area contributed by atoms with Gasteiger partial charge in [-0.25, -0.2) is 0 Å². The van der Waals surface area contributed by atoms with E-state index in [9.17, 15) is 9.59 Å². The molecular weight excluding hydrogens is 168 g/mol. The minimum atomic E-state index is -0.0515. The Kier molecular flexibility index (Phi) is 1.34. The molecule has 3 saturated heterocycles. The Balaban J connectivity index is 1.95. The summed E-state index contributed by atoms with van der Waals surface area (Å²) in [6, 6.07) is 0.358. The summed E-state index contributed by atoms with van der Waals surface area (Å²) in [6.45, 7) is 1.87. The average molecular weight is 180 g/mol. The van der Waals surface area contributed by atoms with Gasteiger partial charge in [-0.1, -0.05) is 0 Å². The van der Waals surface area contributed by atoms with Crippen molar-refractivity contribution in [2.75, 3.05) is 13.1 Å². The zero-order valence-electron chi connectivity index (χ0n) is 7.32. The van der Waals surface area contributed by atoms with E-state index in [1.807, 2.05) is 0 Å². The van der Waals surface area contributed by atoms with Crippen molar-refractivity contribution in [3.63, 3.8) is 0 Å². The van der Waals surface area contributed by atoms with Crippen LogP contribution in [0, 0.1) is 11.8 Å². The largest absolute Gasteiger partial charge is 0.299 e. The van der Waals surface area contributed by atoms with E-state index in [1.165, 1.54) is 6.42 Å². The molecule has 3 rings (SSSR count). The maximum absolute atomic E-state index is 11.5. The van der Waals surface area contributed by atoms with E-state index in [2.05, 4.69) is 10.2 Å². The number of carbonyl (C=O) groups is 2. The first-order valence-corrected chi connectivity index (χ1v) is 4.86. The molecule has 0 radical (unpaired) electrons. The Morgan fingerprint density at radius 3 is 3.00 bits per heavy atom. The molecule has 3 aliphatic heterocycles. The number of hydrogen-bond donors (Lipinski definition) is 1. The summed E-state index contributed by atoms with van der Waals surface area (Å²) in [5.74, 6) is -0.165. The maximum atomic E-state index is 11.5. The summed E-state index contributed by atoms with van der Waals surface area (Å²) < 4.78 is 0. The van der Waals surface area contributed by atoms with Crippen LogP contribution in [0.4, 0.5) is 0 Å². The Morgan fingerprint density at radius 2 is 2.15 bits per heavy atom. The first-order valence-electron chi connectivity index (χ1n) is 4.86. The molecule has 3 heterocycles. The van der Waals surface area contributed by atoms with Crippen LogP contribution in [0.25, 0.3) is 0 Å². The standard InChI is InChI=1S/C9H12N2O2/c12-8-5-4-11-3-1-2-6(11)7(5)9(13)10-8/h5-7H,1-4H2,(H,10,12,13). The number of carbonyl (C=O) groups excluding carboxylic acids is 2. The van der Waals surface area contributed by atoms with Crippen molar-refractivity contribution in [2.45, 2.75) is 18.9 Å². The van der Waals surface area contributed by atoms with Crippen LogP contribution in [0.1, 0.15) is 12.8 Å². The van der Waals surface area contributed by atoms with Gasteiger partial charge < -0.3 is 0 Å². The van der Waals surface area contributed by atoms with Crippen LogP contribution in [-0.4, -0.2) is 35.8 Å². The average Bonchev–Trinajstić information content (AvgIpc) is 2.63. The molecule has 0 spiro atoms. The number of nitrogens with one attached hydrogen (secondary N) is 1. The van der Waals surface area contributed by atoms with Gasteiger partial charge in [0.1, 0.15) is 0 Å². The first-order chi connectivity index (χ1) is 6.27. The second kappa shape index (κ2) is 2.32. The van der Waals surface area contributed by atoms with Crippen molar-refractivity contribution in [3.05, 3.63) is 0 Å². The number of amides is 2. The van der Waals surface area contributed by atoms with E-state index in [4.69, 9.17) is 0 Å². The van der Waals surface area contributed by atoms with Gasteiger partial charge in [0.05, 0.1) is 11.8 Å². The molecule has 0 bridgehead atoms. The molecule has 4 nitrogen and oxygen atoms in total. The highest BCUT2D eigenvalue weighted by Gasteiger charge is 2.54. The Labute approximate surface area is 76.3 Å². The number of fused-ring (bicyclic) bond motifs is 3. The SMILES string of the molecule is O=C1NC(=O)C2C1CN1CCCC21. The molecular formula is C9H12N2O2. The van der Waals surface area contributed by atoms with Gasteiger partial charge in [0.25, 0.3) is 0 Å². The van der Waals surface area contributed by atoms with Crippen LogP contribution in [0.15, 0.2) is 0 Å². The third-order valence-electron chi connectivity index (χ3n) is 3.58. The second-order valence-corrected chi connectivity index (χ2v) is 4.19. The molecule has 0 aromatic heterocycles. The fourth-order valence-corrected chi connectivity index (χ4v) is 3.02. The van der Waals surface area contributed by atoms with Crippen LogP contribution >= 0.6 is 0 Å². The predicted molar refractivity (Wildman–Crippen MR) is 44.7 cm³/mol. The molecule has 3 unspecified atom stereocenters. The van der Waals surface area contributed by atoms with Crippen molar-refractivity contribution in [2.24, 2.45) is 11.8 Å². The third kappa shape index (κ3) is 0.839. The fraction of sp³-hybridized carbons (Fsp3) is 0.778. The highest BCUT2D eigenvalue weighted by Crippen LogP contribution is 2.39. The summed E-state index contributed by atoms with van der Waals surface area (Å²) >= 11 is 0. The van der Waals surface area contributed by atoms with Crippen LogP contribution in [0.5, 0.6) is 0 Å². The summed E-state index contributed by atoms with van der Waals surface area (Å²) in [4.78, 5) is 25.1. The number of hydrogen-bond acceptors (Lipinski definition) is 3. The molecule has 3 fully saturated rings. The van der Waals surface area contributed by atoms with E-state index in [1.54, 1.807) is 0 Å². The molecule has 13 heavy (non-hydrogen) atoms. The molecule has 4 heteroatoms. The predicted octanol–water partition coefficient (Wildman–Crippen LogP) is -0.647. The maximum Gasteiger partial charge on any atom is 0.232 e. The lowest BCUT2D eigenvalue weighted by atomic mass is 9.91. The highest BCUT2D eigenvalue weighted by molar-refractivity contribution is 6.06. The quantitative estimate of drug-likeness (QED) is 0.504. The van der Waals surface area contributed by atoms with Crippen molar-refractivity contribution in [3.8, 4) is 0 Å². The van der Waals surface area contributed by atoms with Gasteiger partial charge in [-0.05, 0) is 19.4 Å². The van der Waals surface area contributed by atoms with Gasteiger partial charge in [0.2, 0.25) is 11.8 Å². The molecule has 0 aromatic carbocycles. The first kappa shape index (κ1) is 7.50. The van der Waals surface area contributed by atoms with E-state index in [0.29, 0.717) is 6.04 Å². The number of rotatable bonds is 0. The van der Waals surface area contributed by atoms with E-state index >= 15 is 0 Å². The van der Waals surface area contributed by atoms with Gasteiger partial charge in [0.15, 0.2) is 0 Å². The van der Waals surface area contributed by atoms with Gasteiger partial charge in [-0.2, -0.15) is 0 Å². The van der Waals surface area contributed by atoms with Gasteiger partial charge in [-0.15, -0.1) is 0 Å². The van der Waals surface area contributed by atoms with Gasteiger partial charge in [-0.3, -0.25) is 19.8 Å². The van der Waals surface area contributed by atoms with Crippen LogP contribution in [0.3, 0.4) is 0 Å². The monoisotopic (exact) mass is 180 g/mol. The number of nitrogens with zero attached hydrogens (tertiary/aromatic N) is 1. The van der Waals surface area contributed by atoms with E-state index < -0.39 is 0 Å². The fourth-order valence-electron chi connectivity index (χ4n) is 3.02. The zero-order valence-corrected chi connectivity index (χ0v) is 7.32. The summed E-state index contributed by atoms with van der Waals surface area (Å²) in [7, 11) is 0. The van der Waals surface area contributed by atoms with E-state index in [-0.39, 0.29) is 23.7 Å². The normalized spacial score (nSPS) is 43.5. The Bertz CT molecular complexity index is 289. The van der Waals surface area contributed by atoms with Gasteiger partial charge in [0, 0.05) is 12.6 Å². The van der Waals surface area contributed by atoms with Crippen LogP contribution < -0.4 is 5.32 Å². The molecule has 0 aliphatic carbocycles. The lowest BCUT2D eigenvalue weighted by Crippen LogP contribution is -2.34. The van der Waals surface area contributed by atoms with Gasteiger partial charge >= 0.3 is 0 Å². The molecule has 0 saturated carbocycles. The summed E-state index contributed by atoms with van der Waals surface area (Å²) in [5.41, 5.74) is 0. The topological polar surface area (TPSA) is 49.4 Å². The Hall–Kier alpha value is -0.900. The zero-order chi connectivity index (χ0) is 9.00. The lowest BCUT2D eigenvalue weighted by Gasteiger charge is -2.16. The minimum absolute atomic E-state index is 0.0324. The third-order valence-corrected chi connectivity index (χ3v) is 3.58. The highest BCUT2D eigenvalue weighted by atomic mass is 16.2. The summed E-state index contributed by atoms with van der Waals surface area (Å²) in [6.07, 6.45) is 2.26. The van der Waals surface area contributed by atoms with Crippen molar-refractivity contribution in [1.82, 2.24) is 10.2 Å². The minimum Gasteiger partial charge on any atom is -0.299 e. The van der Waals surface area contributed by atoms with Crippen molar-refractivity contribution in [1.29, 1.82) is 0 Å². The Morgan fingerprint density at radius 1 is 1.31 bits per heavy atom. The molecule has 0 aromatic rings. The molecule has 3 aliphatic rings. The van der Waals surface area contributed by atoms with Crippen LogP contribution in [-0.2, 0) is 9.59 Å². The molecule has 70 valence electrons. The second-order valence-electron chi connectivity index (χ2n) is 4.19.